The smallest absolute Gasteiger partial charge is 0.222 e. The third kappa shape index (κ3) is 4.31. The topological polar surface area (TPSA) is 75.9 Å². The van der Waals surface area contributed by atoms with Gasteiger partial charge in [-0.2, -0.15) is 10.2 Å². The second kappa shape index (κ2) is 7.42. The third-order valence-electron chi connectivity index (χ3n) is 4.38. The minimum absolute atomic E-state index is 0.229. The van der Waals surface area contributed by atoms with E-state index in [1.54, 1.807) is 4.68 Å². The second-order valence-electron chi connectivity index (χ2n) is 6.38. The molecule has 0 spiro atoms. The maximum atomic E-state index is 12.3. The molecule has 0 saturated carbocycles. The van der Waals surface area contributed by atoms with Crippen molar-refractivity contribution in [2.24, 2.45) is 7.05 Å². The van der Waals surface area contributed by atoms with Gasteiger partial charge in [0.1, 0.15) is 5.82 Å². The molecule has 0 unspecified atom stereocenters. The molecule has 1 amide bonds. The number of likely N-dealkylation sites (tertiary alicyclic amines) is 1. The Morgan fingerprint density at radius 1 is 1.29 bits per heavy atom. The minimum Gasteiger partial charge on any atom is -0.366 e. The van der Waals surface area contributed by atoms with E-state index in [9.17, 15) is 4.79 Å². The van der Waals surface area contributed by atoms with Crippen molar-refractivity contribution in [1.82, 2.24) is 24.9 Å². The van der Waals surface area contributed by atoms with Crippen molar-refractivity contribution in [3.8, 4) is 0 Å². The normalized spacial score (nSPS) is 15.5. The summed E-state index contributed by atoms with van der Waals surface area (Å²) in [5.41, 5.74) is 2.02. The molecule has 1 aliphatic heterocycles. The summed E-state index contributed by atoms with van der Waals surface area (Å²) in [5.74, 6) is 1.04. The Balaban J connectivity index is 1.42. The number of nitrogens with zero attached hydrogens (tertiary/aromatic N) is 5. The van der Waals surface area contributed by atoms with Gasteiger partial charge in [-0.05, 0) is 43.9 Å². The number of aryl methyl sites for hydroxylation is 3. The quantitative estimate of drug-likeness (QED) is 0.901. The number of anilines is 1. The van der Waals surface area contributed by atoms with Crippen molar-refractivity contribution in [2.45, 2.75) is 38.6 Å². The van der Waals surface area contributed by atoms with E-state index in [0.717, 1.165) is 49.4 Å². The zero-order valence-electron chi connectivity index (χ0n) is 14.3. The molecule has 2 aromatic heterocycles. The van der Waals surface area contributed by atoms with E-state index in [1.807, 2.05) is 43.4 Å². The highest BCUT2D eigenvalue weighted by Crippen LogP contribution is 2.16. The molecule has 1 N–H and O–H groups in total. The fraction of sp³-hybridized carbons (Fsp3) is 0.529. The lowest BCUT2D eigenvalue weighted by Gasteiger charge is -2.32. The standard InChI is InChI=1S/C17H24N6O/c1-13-3-5-16(21-20-13)19-15-7-9-23(10-8-15)17(24)6-4-14-11-18-22(2)12-14/h3,5,11-12,15H,4,6-10H2,1-2H3,(H,19,21). The number of nitrogens with one attached hydrogen (secondary N) is 1. The van der Waals surface area contributed by atoms with Crippen LogP contribution in [0.15, 0.2) is 24.5 Å². The van der Waals surface area contributed by atoms with Crippen molar-refractivity contribution in [3.63, 3.8) is 0 Å². The lowest BCUT2D eigenvalue weighted by molar-refractivity contribution is -0.132. The van der Waals surface area contributed by atoms with Crippen LogP contribution in [-0.2, 0) is 18.3 Å². The van der Waals surface area contributed by atoms with Gasteiger partial charge in [-0.15, -0.1) is 5.10 Å². The predicted molar refractivity (Wildman–Crippen MR) is 91.5 cm³/mol. The van der Waals surface area contributed by atoms with Crippen LogP contribution in [0.3, 0.4) is 0 Å². The molecular weight excluding hydrogens is 304 g/mol. The minimum atomic E-state index is 0.229. The first kappa shape index (κ1) is 16.4. The molecule has 0 bridgehead atoms. The SMILES string of the molecule is Cc1ccc(NC2CCN(C(=O)CCc3cnn(C)c3)CC2)nn1. The van der Waals surface area contributed by atoms with E-state index in [1.165, 1.54) is 0 Å². The fourth-order valence-electron chi connectivity index (χ4n) is 2.97. The van der Waals surface area contributed by atoms with Gasteiger partial charge in [0, 0.05) is 38.8 Å². The molecule has 0 aliphatic carbocycles. The zero-order valence-corrected chi connectivity index (χ0v) is 14.3. The summed E-state index contributed by atoms with van der Waals surface area (Å²) in [5, 5.41) is 15.7. The fourth-order valence-corrected chi connectivity index (χ4v) is 2.97. The van der Waals surface area contributed by atoms with Crippen molar-refractivity contribution < 1.29 is 4.79 Å². The van der Waals surface area contributed by atoms with Gasteiger partial charge in [0.05, 0.1) is 11.9 Å². The maximum absolute atomic E-state index is 12.3. The third-order valence-corrected chi connectivity index (χ3v) is 4.38. The lowest BCUT2D eigenvalue weighted by atomic mass is 10.0. The largest absolute Gasteiger partial charge is 0.366 e. The summed E-state index contributed by atoms with van der Waals surface area (Å²) < 4.78 is 1.77. The molecule has 0 atom stereocenters. The molecule has 128 valence electrons. The Morgan fingerprint density at radius 3 is 2.71 bits per heavy atom. The van der Waals surface area contributed by atoms with Crippen LogP contribution in [0.4, 0.5) is 5.82 Å². The maximum Gasteiger partial charge on any atom is 0.222 e. The average Bonchev–Trinajstić information content (AvgIpc) is 3.01. The van der Waals surface area contributed by atoms with E-state index >= 15 is 0 Å². The Hall–Kier alpha value is -2.44. The van der Waals surface area contributed by atoms with Crippen LogP contribution in [-0.4, -0.2) is 49.9 Å². The Labute approximate surface area is 142 Å². The number of carbonyl (C=O) groups is 1. The molecule has 7 nitrogen and oxygen atoms in total. The van der Waals surface area contributed by atoms with Gasteiger partial charge in [0.15, 0.2) is 0 Å². The monoisotopic (exact) mass is 328 g/mol. The first-order valence-corrected chi connectivity index (χ1v) is 8.42. The summed E-state index contributed by atoms with van der Waals surface area (Å²) in [4.78, 5) is 14.3. The molecule has 1 aliphatic rings. The van der Waals surface area contributed by atoms with Gasteiger partial charge in [-0.3, -0.25) is 9.48 Å². The number of piperidine rings is 1. The van der Waals surface area contributed by atoms with E-state index in [0.29, 0.717) is 12.5 Å². The van der Waals surface area contributed by atoms with Crippen LogP contribution in [0.5, 0.6) is 0 Å². The van der Waals surface area contributed by atoms with Gasteiger partial charge >= 0.3 is 0 Å². The van der Waals surface area contributed by atoms with Crippen LogP contribution < -0.4 is 5.32 Å². The van der Waals surface area contributed by atoms with E-state index in [-0.39, 0.29) is 5.91 Å². The van der Waals surface area contributed by atoms with Crippen molar-refractivity contribution in [2.75, 3.05) is 18.4 Å². The number of amides is 1. The molecule has 3 heterocycles. The van der Waals surface area contributed by atoms with Crippen molar-refractivity contribution in [1.29, 1.82) is 0 Å². The van der Waals surface area contributed by atoms with Crippen LogP contribution in [0.1, 0.15) is 30.5 Å². The van der Waals surface area contributed by atoms with Gasteiger partial charge in [-0.25, -0.2) is 0 Å². The molecule has 3 rings (SSSR count). The summed E-state index contributed by atoms with van der Waals surface area (Å²) in [7, 11) is 1.89. The number of rotatable bonds is 5. The molecule has 0 aromatic carbocycles. The summed E-state index contributed by atoms with van der Waals surface area (Å²) in [6.07, 6.45) is 6.97. The Bertz CT molecular complexity index is 673. The zero-order chi connectivity index (χ0) is 16.9. The van der Waals surface area contributed by atoms with Gasteiger partial charge in [-0.1, -0.05) is 0 Å². The number of hydrogen-bond donors (Lipinski definition) is 1. The van der Waals surface area contributed by atoms with Crippen LogP contribution in [0.25, 0.3) is 0 Å². The molecular formula is C17H24N6O. The van der Waals surface area contributed by atoms with Gasteiger partial charge in [0.25, 0.3) is 0 Å². The van der Waals surface area contributed by atoms with Crippen molar-refractivity contribution >= 4 is 11.7 Å². The molecule has 7 heteroatoms. The van der Waals surface area contributed by atoms with E-state index in [4.69, 9.17) is 0 Å². The highest BCUT2D eigenvalue weighted by molar-refractivity contribution is 5.76. The van der Waals surface area contributed by atoms with Gasteiger partial charge in [0.2, 0.25) is 5.91 Å². The van der Waals surface area contributed by atoms with Crippen LogP contribution in [0, 0.1) is 6.92 Å². The molecule has 1 fully saturated rings. The Morgan fingerprint density at radius 2 is 2.08 bits per heavy atom. The van der Waals surface area contributed by atoms with Crippen molar-refractivity contribution in [3.05, 3.63) is 35.8 Å². The second-order valence-corrected chi connectivity index (χ2v) is 6.38. The predicted octanol–water partition coefficient (Wildman–Crippen LogP) is 1.55. The van der Waals surface area contributed by atoms with Crippen LogP contribution in [0.2, 0.25) is 0 Å². The average molecular weight is 328 g/mol. The summed E-state index contributed by atoms with van der Waals surface area (Å²) in [6, 6.07) is 4.25. The Kier molecular flexibility index (Phi) is 5.08. The van der Waals surface area contributed by atoms with Crippen LogP contribution >= 0.6 is 0 Å². The summed E-state index contributed by atoms with van der Waals surface area (Å²) >= 11 is 0. The molecule has 0 radical (unpaired) electrons. The van der Waals surface area contributed by atoms with E-state index in [2.05, 4.69) is 20.6 Å². The number of carbonyl (C=O) groups excluding carboxylic acids is 1. The highest BCUT2D eigenvalue weighted by atomic mass is 16.2. The first-order chi connectivity index (χ1) is 11.6. The highest BCUT2D eigenvalue weighted by Gasteiger charge is 2.22. The van der Waals surface area contributed by atoms with E-state index < -0.39 is 0 Å². The number of aromatic nitrogens is 4. The molecule has 1 saturated heterocycles. The summed E-state index contributed by atoms with van der Waals surface area (Å²) in [6.45, 7) is 3.51. The molecule has 24 heavy (non-hydrogen) atoms. The van der Waals surface area contributed by atoms with Gasteiger partial charge < -0.3 is 10.2 Å². The first-order valence-electron chi connectivity index (χ1n) is 8.42. The lowest BCUT2D eigenvalue weighted by Crippen LogP contribution is -2.42. The number of hydrogen-bond acceptors (Lipinski definition) is 5. The molecule has 2 aromatic rings.